The predicted octanol–water partition coefficient (Wildman–Crippen LogP) is 1.74. The van der Waals surface area contributed by atoms with E-state index in [2.05, 4.69) is 44.5 Å². The van der Waals surface area contributed by atoms with E-state index in [1.165, 1.54) is 23.5 Å². The van der Waals surface area contributed by atoms with E-state index < -0.39 is 20.0 Å². The molecule has 0 saturated carbocycles. The Balaban J connectivity index is 1.40. The van der Waals surface area contributed by atoms with Gasteiger partial charge in [0.1, 0.15) is 0 Å². The Labute approximate surface area is 212 Å². The molecule has 8 nitrogen and oxygen atoms in total. The van der Waals surface area contributed by atoms with Crippen LogP contribution in [0.3, 0.4) is 0 Å². The zero-order chi connectivity index (χ0) is 25.4. The number of alkyl halides is 3. The first kappa shape index (κ1) is 24.7. The van der Waals surface area contributed by atoms with E-state index in [1.54, 1.807) is 29.9 Å². The third-order valence-corrected chi connectivity index (χ3v) is 8.65. The van der Waals surface area contributed by atoms with Gasteiger partial charge in [-0.05, 0) is 0 Å². The van der Waals surface area contributed by atoms with Gasteiger partial charge < -0.3 is 0 Å². The molecule has 2 aliphatic heterocycles. The van der Waals surface area contributed by atoms with Crippen LogP contribution in [0.2, 0.25) is 0 Å². The van der Waals surface area contributed by atoms with Crippen LogP contribution in [0.4, 0.5) is 19.0 Å². The standard InChI is InChI=1S/C24H26F3N7OSe/c1-32-14-16(13-30-32)22(35)29-9-3-4-15-12-20-21(28-10-11-34(20)23(15)36-24(25,26)27)31-18-7-5-17-6-8-19(18)33(17)2/h10-14,17-19H,5-9H2,1-2H3,(H,28,31)(H,29,35)/t17-,18-,19-/m1/s1. The fraction of sp³-hybridized carbons (Fsp3) is 0.458. The summed E-state index contributed by atoms with van der Waals surface area (Å²) in [6.45, 7) is -0.00100. The Morgan fingerprint density at radius 2 is 2.06 bits per heavy atom. The van der Waals surface area contributed by atoms with Gasteiger partial charge in [-0.2, -0.15) is 0 Å². The minimum atomic E-state index is -4.34. The zero-order valence-corrected chi connectivity index (χ0v) is 21.6. The molecule has 2 aliphatic rings. The third kappa shape index (κ3) is 5.09. The maximum atomic E-state index is 13.5. The van der Waals surface area contributed by atoms with Crippen LogP contribution in [0.15, 0.2) is 30.9 Å². The van der Waals surface area contributed by atoms with Gasteiger partial charge >= 0.3 is 213 Å². The molecule has 2 N–H and O–H groups in total. The summed E-state index contributed by atoms with van der Waals surface area (Å²) in [5.74, 6) is 5.87. The average molecular weight is 564 g/mol. The number of hydrogen-bond donors (Lipinski definition) is 2. The molecule has 190 valence electrons. The molecule has 3 aromatic heterocycles. The molecule has 12 heteroatoms. The summed E-state index contributed by atoms with van der Waals surface area (Å²) in [4.78, 5) is 19.1. The minimum absolute atomic E-state index is 0.00100. The SMILES string of the molecule is CN1[C@H]2CC[C@@H]1[C@H](Nc1nccn3c([Se]C(F)(F)F)c(C#CCNC(=O)c4cnn(C)c4)cc13)CC2. The number of carbonyl (C=O) groups is 1. The van der Waals surface area contributed by atoms with E-state index in [4.69, 9.17) is 0 Å². The van der Waals surface area contributed by atoms with Gasteiger partial charge in [0.05, 0.1) is 0 Å². The van der Waals surface area contributed by atoms with Crippen molar-refractivity contribution >= 4 is 36.8 Å². The van der Waals surface area contributed by atoms with Crippen molar-refractivity contribution in [3.63, 3.8) is 0 Å². The molecular formula is C24H26F3N7OSe. The summed E-state index contributed by atoms with van der Waals surface area (Å²) in [6.07, 6.45) is 10.5. The van der Waals surface area contributed by atoms with Crippen LogP contribution in [0.5, 0.6) is 0 Å². The second-order valence-electron chi connectivity index (χ2n) is 9.12. The van der Waals surface area contributed by atoms with Gasteiger partial charge in [0.2, 0.25) is 0 Å². The molecule has 2 saturated heterocycles. The summed E-state index contributed by atoms with van der Waals surface area (Å²) >= 11 is -1.80. The summed E-state index contributed by atoms with van der Waals surface area (Å²) in [7, 11) is 3.85. The summed E-state index contributed by atoms with van der Waals surface area (Å²) in [5.41, 5.74) is 1.25. The molecule has 0 radical (unpaired) electrons. The van der Waals surface area contributed by atoms with Crippen molar-refractivity contribution in [2.45, 2.75) is 48.9 Å². The van der Waals surface area contributed by atoms with Crippen molar-refractivity contribution in [2.75, 3.05) is 18.9 Å². The van der Waals surface area contributed by atoms with E-state index in [1.807, 2.05) is 0 Å². The molecule has 5 heterocycles. The maximum absolute atomic E-state index is 13.5. The van der Waals surface area contributed by atoms with Crippen LogP contribution in [0, 0.1) is 11.8 Å². The van der Waals surface area contributed by atoms with E-state index >= 15 is 0 Å². The van der Waals surface area contributed by atoms with E-state index in [0.29, 0.717) is 34.5 Å². The predicted molar refractivity (Wildman–Crippen MR) is 130 cm³/mol. The number of fused-ring (bicyclic) bond motifs is 3. The Bertz CT molecular complexity index is 1340. The first-order chi connectivity index (χ1) is 17.2. The number of nitrogens with zero attached hydrogens (tertiary/aromatic N) is 5. The van der Waals surface area contributed by atoms with Gasteiger partial charge in [0.25, 0.3) is 0 Å². The summed E-state index contributed by atoms with van der Waals surface area (Å²) < 4.78 is 43.6. The quantitative estimate of drug-likeness (QED) is 0.365. The molecule has 0 unspecified atom stereocenters. The number of aromatic nitrogens is 4. The number of aryl methyl sites for hydroxylation is 1. The van der Waals surface area contributed by atoms with Crippen LogP contribution in [0.25, 0.3) is 5.52 Å². The first-order valence-electron chi connectivity index (χ1n) is 11.7. The van der Waals surface area contributed by atoms with Crippen LogP contribution >= 0.6 is 0 Å². The second-order valence-corrected chi connectivity index (χ2v) is 11.3. The monoisotopic (exact) mass is 565 g/mol. The molecule has 0 aromatic carbocycles. The van der Waals surface area contributed by atoms with Gasteiger partial charge in [-0.3, -0.25) is 0 Å². The average Bonchev–Trinajstić information content (AvgIpc) is 3.46. The fourth-order valence-corrected chi connectivity index (χ4v) is 6.64. The Morgan fingerprint density at radius 1 is 1.25 bits per heavy atom. The van der Waals surface area contributed by atoms with Crippen LogP contribution < -0.4 is 15.2 Å². The number of anilines is 1. The Morgan fingerprint density at radius 3 is 2.81 bits per heavy atom. The molecular weight excluding hydrogens is 538 g/mol. The Hall–Kier alpha value is -3.00. The molecule has 3 aromatic rings. The van der Waals surface area contributed by atoms with Gasteiger partial charge in [-0.15, -0.1) is 0 Å². The van der Waals surface area contributed by atoms with Gasteiger partial charge in [-0.25, -0.2) is 0 Å². The number of amides is 1. The van der Waals surface area contributed by atoms with Crippen molar-refractivity contribution in [3.05, 3.63) is 42.0 Å². The normalized spacial score (nSPS) is 21.9. The zero-order valence-electron chi connectivity index (χ0n) is 19.8. The van der Waals surface area contributed by atoms with Crippen molar-refractivity contribution < 1.29 is 18.0 Å². The number of halogens is 3. The molecule has 3 atom stereocenters. The molecule has 36 heavy (non-hydrogen) atoms. The van der Waals surface area contributed by atoms with Gasteiger partial charge in [-0.1, -0.05) is 0 Å². The molecule has 5 rings (SSSR count). The molecule has 2 bridgehead atoms. The number of carbonyl (C=O) groups excluding carboxylic acids is 1. The molecule has 0 spiro atoms. The van der Waals surface area contributed by atoms with Gasteiger partial charge in [0.15, 0.2) is 0 Å². The second kappa shape index (κ2) is 9.81. The van der Waals surface area contributed by atoms with Crippen LogP contribution in [-0.4, -0.2) is 81.7 Å². The molecule has 1 amide bonds. The number of hydrogen-bond acceptors (Lipinski definition) is 5. The van der Waals surface area contributed by atoms with Crippen molar-refractivity contribution in [1.82, 2.24) is 29.4 Å². The topological polar surface area (TPSA) is 79.5 Å². The van der Waals surface area contributed by atoms with E-state index in [0.717, 1.165) is 19.3 Å². The van der Waals surface area contributed by atoms with Crippen molar-refractivity contribution in [3.8, 4) is 11.8 Å². The number of piperidine rings is 1. The van der Waals surface area contributed by atoms with Crippen LogP contribution in [0.1, 0.15) is 41.6 Å². The summed E-state index contributed by atoms with van der Waals surface area (Å²) in [6, 6.07) is 2.86. The third-order valence-electron chi connectivity index (χ3n) is 6.88. The van der Waals surface area contributed by atoms with Crippen molar-refractivity contribution in [1.29, 1.82) is 0 Å². The molecule has 0 aliphatic carbocycles. The summed E-state index contributed by atoms with van der Waals surface area (Å²) in [5, 5.41) is 5.79. The van der Waals surface area contributed by atoms with E-state index in [9.17, 15) is 18.0 Å². The fourth-order valence-electron chi connectivity index (χ4n) is 5.18. The van der Waals surface area contributed by atoms with Crippen LogP contribution in [-0.2, 0) is 7.05 Å². The van der Waals surface area contributed by atoms with E-state index in [-0.39, 0.29) is 23.1 Å². The Kier molecular flexibility index (Phi) is 6.72. The molecule has 2 fully saturated rings. The van der Waals surface area contributed by atoms with Gasteiger partial charge in [0, 0.05) is 0 Å². The number of likely N-dealkylation sites (N-methyl/N-ethyl adjacent to an activating group) is 1. The number of rotatable bonds is 5. The number of nitrogens with one attached hydrogen (secondary N) is 2. The first-order valence-corrected chi connectivity index (χ1v) is 13.4. The van der Waals surface area contributed by atoms with Crippen molar-refractivity contribution in [2.24, 2.45) is 7.05 Å².